The lowest BCUT2D eigenvalue weighted by molar-refractivity contribution is -0.187. The lowest BCUT2D eigenvalue weighted by Gasteiger charge is -2.33. The van der Waals surface area contributed by atoms with Gasteiger partial charge in [-0.3, -0.25) is 4.79 Å². The predicted molar refractivity (Wildman–Crippen MR) is 70.1 cm³/mol. The lowest BCUT2D eigenvalue weighted by Crippen LogP contribution is -2.47. The quantitative estimate of drug-likeness (QED) is 0.934. The third-order valence-corrected chi connectivity index (χ3v) is 3.71. The molecule has 1 N–H and O–H groups in total. The van der Waals surface area contributed by atoms with Crippen molar-refractivity contribution in [3.8, 4) is 5.88 Å². The molecule has 1 fully saturated rings. The Morgan fingerprint density at radius 2 is 2.05 bits per heavy atom. The minimum Gasteiger partial charge on any atom is -0.481 e. The summed E-state index contributed by atoms with van der Waals surface area (Å²) in [6.45, 7) is 0. The van der Waals surface area contributed by atoms with Crippen LogP contribution in [-0.2, 0) is 0 Å². The van der Waals surface area contributed by atoms with E-state index in [-0.39, 0.29) is 12.0 Å². The highest BCUT2D eigenvalue weighted by molar-refractivity contribution is 5.94. The minimum absolute atomic E-state index is 0.0648. The van der Waals surface area contributed by atoms with Crippen molar-refractivity contribution >= 4 is 5.91 Å². The van der Waals surface area contributed by atoms with Crippen molar-refractivity contribution in [2.45, 2.75) is 37.9 Å². The Morgan fingerprint density at radius 3 is 2.62 bits per heavy atom. The summed E-state index contributed by atoms with van der Waals surface area (Å²) in [5, 5.41) is 2.49. The Balaban J connectivity index is 2.05. The highest BCUT2D eigenvalue weighted by Gasteiger charge is 2.45. The molecule has 116 valence electrons. The molecule has 0 aliphatic heterocycles. The second kappa shape index (κ2) is 6.32. The van der Waals surface area contributed by atoms with Crippen LogP contribution in [0.25, 0.3) is 0 Å². The van der Waals surface area contributed by atoms with Crippen LogP contribution in [0, 0.1) is 5.92 Å². The summed E-state index contributed by atoms with van der Waals surface area (Å²) in [7, 11) is 1.44. The standard InChI is InChI=1S/C14H17F3N2O2/c1-21-12-7-6-9(8-18-12)13(20)19-11-5-3-2-4-10(11)14(15,16)17/h6-8,10-11H,2-5H2,1H3,(H,19,20)/t10-,11+/m1/s1. The number of methoxy groups -OCH3 is 1. The Kier molecular flexibility index (Phi) is 4.69. The molecule has 0 bridgehead atoms. The Hall–Kier alpha value is -1.79. The molecule has 1 heterocycles. The van der Waals surface area contributed by atoms with Crippen molar-refractivity contribution in [2.75, 3.05) is 7.11 Å². The summed E-state index contributed by atoms with van der Waals surface area (Å²) in [5.74, 6) is -1.66. The second-order valence-corrected chi connectivity index (χ2v) is 5.10. The largest absolute Gasteiger partial charge is 0.481 e. The lowest BCUT2D eigenvalue weighted by atomic mass is 9.84. The summed E-state index contributed by atoms with van der Waals surface area (Å²) in [6, 6.07) is 2.11. The van der Waals surface area contributed by atoms with E-state index in [1.165, 1.54) is 25.4 Å². The maximum absolute atomic E-state index is 13.0. The van der Waals surface area contributed by atoms with Gasteiger partial charge in [0.25, 0.3) is 5.91 Å². The normalized spacial score (nSPS) is 22.7. The minimum atomic E-state index is -4.28. The summed E-state index contributed by atoms with van der Waals surface area (Å²) in [5.41, 5.74) is 0.224. The Morgan fingerprint density at radius 1 is 1.33 bits per heavy atom. The van der Waals surface area contributed by atoms with Gasteiger partial charge in [-0.05, 0) is 18.9 Å². The smallest absolute Gasteiger partial charge is 0.393 e. The molecule has 1 aliphatic carbocycles. The Bertz CT molecular complexity index is 488. The third-order valence-electron chi connectivity index (χ3n) is 3.71. The van der Waals surface area contributed by atoms with E-state index in [0.717, 1.165) is 0 Å². The molecule has 1 amide bonds. The first-order valence-electron chi connectivity index (χ1n) is 6.79. The van der Waals surface area contributed by atoms with Gasteiger partial charge in [0.15, 0.2) is 0 Å². The van der Waals surface area contributed by atoms with Crippen LogP contribution in [0.3, 0.4) is 0 Å². The summed E-state index contributed by atoms with van der Waals surface area (Å²) >= 11 is 0. The molecular weight excluding hydrogens is 285 g/mol. The van der Waals surface area contributed by atoms with Gasteiger partial charge in [-0.25, -0.2) is 4.98 Å². The molecule has 1 aromatic rings. The average Bonchev–Trinajstić information content (AvgIpc) is 2.47. The number of hydrogen-bond donors (Lipinski definition) is 1. The van der Waals surface area contributed by atoms with Crippen molar-refractivity contribution in [1.82, 2.24) is 10.3 Å². The van der Waals surface area contributed by atoms with E-state index < -0.39 is 24.0 Å². The van der Waals surface area contributed by atoms with E-state index in [0.29, 0.717) is 25.1 Å². The fourth-order valence-electron chi connectivity index (χ4n) is 2.58. The number of alkyl halides is 3. The zero-order valence-corrected chi connectivity index (χ0v) is 11.6. The van der Waals surface area contributed by atoms with E-state index in [4.69, 9.17) is 4.74 Å². The van der Waals surface area contributed by atoms with Gasteiger partial charge in [-0.2, -0.15) is 13.2 Å². The van der Waals surface area contributed by atoms with Crippen LogP contribution in [0.5, 0.6) is 5.88 Å². The molecular formula is C14H17F3N2O2. The zero-order valence-electron chi connectivity index (χ0n) is 11.6. The number of carbonyl (C=O) groups is 1. The molecule has 21 heavy (non-hydrogen) atoms. The maximum Gasteiger partial charge on any atom is 0.393 e. The van der Waals surface area contributed by atoms with Crippen LogP contribution in [0.15, 0.2) is 18.3 Å². The molecule has 1 saturated carbocycles. The van der Waals surface area contributed by atoms with E-state index in [1.54, 1.807) is 0 Å². The third kappa shape index (κ3) is 3.86. The second-order valence-electron chi connectivity index (χ2n) is 5.10. The number of nitrogens with one attached hydrogen (secondary N) is 1. The number of carbonyl (C=O) groups excluding carboxylic acids is 1. The van der Waals surface area contributed by atoms with E-state index in [9.17, 15) is 18.0 Å². The highest BCUT2D eigenvalue weighted by atomic mass is 19.4. The van der Waals surface area contributed by atoms with Gasteiger partial charge in [0.2, 0.25) is 5.88 Å². The number of rotatable bonds is 3. The maximum atomic E-state index is 13.0. The SMILES string of the molecule is COc1ccc(C(=O)N[C@H]2CCCC[C@H]2C(F)(F)F)cn1. The van der Waals surface area contributed by atoms with Gasteiger partial charge in [-0.15, -0.1) is 0 Å². The van der Waals surface area contributed by atoms with Crippen LogP contribution >= 0.6 is 0 Å². The molecule has 0 saturated heterocycles. The van der Waals surface area contributed by atoms with Crippen LogP contribution in [0.1, 0.15) is 36.0 Å². The van der Waals surface area contributed by atoms with Crippen molar-refractivity contribution < 1.29 is 22.7 Å². The van der Waals surface area contributed by atoms with Gasteiger partial charge in [-0.1, -0.05) is 12.8 Å². The van der Waals surface area contributed by atoms with E-state index >= 15 is 0 Å². The molecule has 0 unspecified atom stereocenters. The number of hydrogen-bond acceptors (Lipinski definition) is 3. The first kappa shape index (κ1) is 15.6. The average molecular weight is 302 g/mol. The van der Waals surface area contributed by atoms with Crippen LogP contribution in [0.2, 0.25) is 0 Å². The van der Waals surface area contributed by atoms with Crippen LogP contribution in [-0.4, -0.2) is 30.2 Å². The summed E-state index contributed by atoms with van der Waals surface area (Å²) < 4.78 is 43.8. The first-order valence-corrected chi connectivity index (χ1v) is 6.79. The van der Waals surface area contributed by atoms with E-state index in [1.807, 2.05) is 0 Å². The number of ether oxygens (including phenoxy) is 1. The highest BCUT2D eigenvalue weighted by Crippen LogP contribution is 2.37. The number of aromatic nitrogens is 1. The van der Waals surface area contributed by atoms with Crippen molar-refractivity contribution in [2.24, 2.45) is 5.92 Å². The molecule has 4 nitrogen and oxygen atoms in total. The number of halogens is 3. The molecule has 1 aliphatic rings. The van der Waals surface area contributed by atoms with Gasteiger partial charge in [0.05, 0.1) is 18.6 Å². The van der Waals surface area contributed by atoms with Gasteiger partial charge >= 0.3 is 6.18 Å². The molecule has 2 rings (SSSR count). The molecule has 0 radical (unpaired) electrons. The molecule has 0 spiro atoms. The van der Waals surface area contributed by atoms with Crippen molar-refractivity contribution in [1.29, 1.82) is 0 Å². The first-order chi connectivity index (χ1) is 9.91. The summed E-state index contributed by atoms with van der Waals surface area (Å²) in [4.78, 5) is 15.9. The molecule has 2 atom stereocenters. The molecule has 1 aromatic heterocycles. The monoisotopic (exact) mass is 302 g/mol. The van der Waals surface area contributed by atoms with Crippen LogP contribution in [0.4, 0.5) is 13.2 Å². The molecule has 0 aromatic carbocycles. The number of nitrogens with zero attached hydrogens (tertiary/aromatic N) is 1. The predicted octanol–water partition coefficient (Wildman–Crippen LogP) is 2.94. The van der Waals surface area contributed by atoms with Gasteiger partial charge in [0.1, 0.15) is 0 Å². The fourth-order valence-corrected chi connectivity index (χ4v) is 2.58. The number of pyridine rings is 1. The zero-order chi connectivity index (χ0) is 15.5. The van der Waals surface area contributed by atoms with E-state index in [2.05, 4.69) is 10.3 Å². The van der Waals surface area contributed by atoms with Gasteiger partial charge in [0, 0.05) is 18.3 Å². The number of amides is 1. The fraction of sp³-hybridized carbons (Fsp3) is 0.571. The topological polar surface area (TPSA) is 51.2 Å². The molecule has 7 heteroatoms. The van der Waals surface area contributed by atoms with Crippen molar-refractivity contribution in [3.05, 3.63) is 23.9 Å². The van der Waals surface area contributed by atoms with Crippen molar-refractivity contribution in [3.63, 3.8) is 0 Å². The van der Waals surface area contributed by atoms with Gasteiger partial charge < -0.3 is 10.1 Å². The summed E-state index contributed by atoms with van der Waals surface area (Å²) in [6.07, 6.45) is -1.34. The van der Waals surface area contributed by atoms with Crippen LogP contribution < -0.4 is 10.1 Å². The Labute approximate surface area is 120 Å².